The standard InChI is InChI=1S/C21H22N2O4/c1-26-18-10-16-8-9-23(21(25)12-17(16)11-19(18)27-2)14-20(24)22-13-15-6-4-3-5-7-15/h3-11H,12-14H2,1-2H3,(H,22,24). The van der Waals surface area contributed by atoms with Gasteiger partial charge in [0.2, 0.25) is 11.8 Å². The first kappa shape index (κ1) is 18.5. The second-order valence-corrected chi connectivity index (χ2v) is 6.18. The molecule has 0 unspecified atom stereocenters. The van der Waals surface area contributed by atoms with Gasteiger partial charge in [0.1, 0.15) is 6.54 Å². The van der Waals surface area contributed by atoms with E-state index in [4.69, 9.17) is 9.47 Å². The molecule has 0 saturated carbocycles. The number of nitrogens with one attached hydrogen (secondary N) is 1. The molecule has 0 aliphatic carbocycles. The first-order valence-corrected chi connectivity index (χ1v) is 8.64. The largest absolute Gasteiger partial charge is 0.493 e. The van der Waals surface area contributed by atoms with Crippen molar-refractivity contribution in [3.05, 3.63) is 65.4 Å². The molecule has 140 valence electrons. The van der Waals surface area contributed by atoms with Crippen molar-refractivity contribution in [2.75, 3.05) is 20.8 Å². The monoisotopic (exact) mass is 366 g/mol. The zero-order valence-corrected chi connectivity index (χ0v) is 15.4. The van der Waals surface area contributed by atoms with Crippen LogP contribution in [0.3, 0.4) is 0 Å². The van der Waals surface area contributed by atoms with Crippen LogP contribution < -0.4 is 14.8 Å². The van der Waals surface area contributed by atoms with Crippen molar-refractivity contribution >= 4 is 17.9 Å². The van der Waals surface area contributed by atoms with E-state index in [1.807, 2.05) is 42.5 Å². The van der Waals surface area contributed by atoms with Crippen LogP contribution in [0.2, 0.25) is 0 Å². The minimum atomic E-state index is -0.210. The Balaban J connectivity index is 1.67. The third kappa shape index (κ3) is 4.47. The fourth-order valence-corrected chi connectivity index (χ4v) is 2.91. The predicted octanol–water partition coefficient (Wildman–Crippen LogP) is 2.38. The Labute approximate surface area is 158 Å². The summed E-state index contributed by atoms with van der Waals surface area (Å²) >= 11 is 0. The molecule has 2 aromatic carbocycles. The van der Waals surface area contributed by atoms with Gasteiger partial charge in [-0.2, -0.15) is 0 Å². The molecule has 1 aliphatic rings. The van der Waals surface area contributed by atoms with Crippen LogP contribution in [0.5, 0.6) is 11.5 Å². The number of methoxy groups -OCH3 is 2. The molecule has 27 heavy (non-hydrogen) atoms. The number of carbonyl (C=O) groups excluding carboxylic acids is 2. The number of nitrogens with zero attached hydrogens (tertiary/aromatic N) is 1. The topological polar surface area (TPSA) is 67.9 Å². The van der Waals surface area contributed by atoms with E-state index in [2.05, 4.69) is 5.32 Å². The summed E-state index contributed by atoms with van der Waals surface area (Å²) in [7, 11) is 3.13. The van der Waals surface area contributed by atoms with Crippen LogP contribution in [0, 0.1) is 0 Å². The molecule has 0 bridgehead atoms. The van der Waals surface area contributed by atoms with Gasteiger partial charge in [0.15, 0.2) is 11.5 Å². The number of fused-ring (bicyclic) bond motifs is 1. The van der Waals surface area contributed by atoms with Crippen LogP contribution in [-0.4, -0.2) is 37.5 Å². The first-order chi connectivity index (χ1) is 13.1. The predicted molar refractivity (Wildman–Crippen MR) is 102 cm³/mol. The molecule has 0 saturated heterocycles. The molecule has 0 fully saturated rings. The van der Waals surface area contributed by atoms with Crippen molar-refractivity contribution in [2.24, 2.45) is 0 Å². The van der Waals surface area contributed by atoms with Crippen LogP contribution in [0.4, 0.5) is 0 Å². The average molecular weight is 366 g/mol. The highest BCUT2D eigenvalue weighted by molar-refractivity contribution is 5.89. The molecule has 6 heteroatoms. The molecule has 0 aromatic heterocycles. The number of rotatable bonds is 6. The van der Waals surface area contributed by atoms with Crippen LogP contribution in [-0.2, 0) is 22.6 Å². The van der Waals surface area contributed by atoms with Gasteiger partial charge in [0.25, 0.3) is 0 Å². The molecular weight excluding hydrogens is 344 g/mol. The number of benzene rings is 2. The van der Waals surface area contributed by atoms with Gasteiger partial charge < -0.3 is 19.7 Å². The maximum atomic E-state index is 12.6. The number of amides is 2. The Bertz CT molecular complexity index is 862. The molecule has 6 nitrogen and oxygen atoms in total. The number of ether oxygens (including phenoxy) is 2. The second-order valence-electron chi connectivity index (χ2n) is 6.18. The van der Waals surface area contributed by atoms with E-state index < -0.39 is 0 Å². The lowest BCUT2D eigenvalue weighted by Gasteiger charge is -2.17. The van der Waals surface area contributed by atoms with Gasteiger partial charge in [-0.25, -0.2) is 0 Å². The quantitative estimate of drug-likeness (QED) is 0.852. The molecule has 2 amide bonds. The van der Waals surface area contributed by atoms with Gasteiger partial charge in [0.05, 0.1) is 20.6 Å². The minimum Gasteiger partial charge on any atom is -0.493 e. The lowest BCUT2D eigenvalue weighted by Crippen LogP contribution is -2.37. The molecule has 0 spiro atoms. The molecule has 0 radical (unpaired) electrons. The third-order valence-corrected chi connectivity index (χ3v) is 4.39. The maximum Gasteiger partial charge on any atom is 0.240 e. The van der Waals surface area contributed by atoms with E-state index >= 15 is 0 Å². The highest BCUT2D eigenvalue weighted by atomic mass is 16.5. The van der Waals surface area contributed by atoms with Crippen molar-refractivity contribution in [3.8, 4) is 11.5 Å². The average Bonchev–Trinajstić information content (AvgIpc) is 2.84. The molecule has 1 aliphatic heterocycles. The molecule has 0 atom stereocenters. The normalized spacial score (nSPS) is 13.0. The number of hydrogen-bond acceptors (Lipinski definition) is 4. The van der Waals surface area contributed by atoms with E-state index in [-0.39, 0.29) is 24.8 Å². The summed E-state index contributed by atoms with van der Waals surface area (Å²) in [5, 5.41) is 2.84. The Hall–Kier alpha value is -3.28. The lowest BCUT2D eigenvalue weighted by molar-refractivity contribution is -0.132. The molecule has 2 aromatic rings. The number of hydrogen-bond donors (Lipinski definition) is 1. The second kappa shape index (κ2) is 8.40. The summed E-state index contributed by atoms with van der Waals surface area (Å²) < 4.78 is 10.6. The fourth-order valence-electron chi connectivity index (χ4n) is 2.91. The zero-order chi connectivity index (χ0) is 19.2. The van der Waals surface area contributed by atoms with Crippen LogP contribution in [0.25, 0.3) is 6.08 Å². The Morgan fingerprint density at radius 3 is 2.52 bits per heavy atom. The van der Waals surface area contributed by atoms with Crippen molar-refractivity contribution < 1.29 is 19.1 Å². The number of carbonyl (C=O) groups is 2. The van der Waals surface area contributed by atoms with E-state index in [9.17, 15) is 9.59 Å². The summed E-state index contributed by atoms with van der Waals surface area (Å²) in [5.74, 6) is 0.818. The van der Waals surface area contributed by atoms with Crippen molar-refractivity contribution in [3.63, 3.8) is 0 Å². The van der Waals surface area contributed by atoms with Crippen molar-refractivity contribution in [1.29, 1.82) is 0 Å². The van der Waals surface area contributed by atoms with Crippen LogP contribution in [0.1, 0.15) is 16.7 Å². The highest BCUT2D eigenvalue weighted by Crippen LogP contribution is 2.32. The minimum absolute atomic E-state index is 0.0234. The zero-order valence-electron chi connectivity index (χ0n) is 15.4. The summed E-state index contributed by atoms with van der Waals surface area (Å²) in [6, 6.07) is 13.3. The summed E-state index contributed by atoms with van der Waals surface area (Å²) in [6.07, 6.45) is 3.64. The highest BCUT2D eigenvalue weighted by Gasteiger charge is 2.21. The van der Waals surface area contributed by atoms with Crippen LogP contribution in [0.15, 0.2) is 48.7 Å². The summed E-state index contributed by atoms with van der Waals surface area (Å²) in [4.78, 5) is 26.2. The fraction of sp³-hybridized carbons (Fsp3) is 0.238. The van der Waals surface area contributed by atoms with Gasteiger partial charge in [0, 0.05) is 12.7 Å². The SMILES string of the molecule is COc1cc2c(cc1OC)CC(=O)N(CC(=O)NCc1ccccc1)C=C2. The van der Waals surface area contributed by atoms with E-state index in [0.29, 0.717) is 18.0 Å². The van der Waals surface area contributed by atoms with Crippen molar-refractivity contribution in [2.45, 2.75) is 13.0 Å². The van der Waals surface area contributed by atoms with Crippen LogP contribution >= 0.6 is 0 Å². The smallest absolute Gasteiger partial charge is 0.240 e. The Morgan fingerprint density at radius 1 is 1.11 bits per heavy atom. The van der Waals surface area contributed by atoms with E-state index in [1.54, 1.807) is 26.5 Å². The maximum absolute atomic E-state index is 12.6. The van der Waals surface area contributed by atoms with Crippen molar-refractivity contribution in [1.82, 2.24) is 10.2 Å². The molecular formula is C21H22N2O4. The van der Waals surface area contributed by atoms with Gasteiger partial charge in [-0.15, -0.1) is 0 Å². The lowest BCUT2D eigenvalue weighted by atomic mass is 10.0. The Kier molecular flexibility index (Phi) is 5.76. The third-order valence-electron chi connectivity index (χ3n) is 4.39. The molecule has 3 rings (SSSR count). The van der Waals surface area contributed by atoms with Gasteiger partial charge in [-0.3, -0.25) is 9.59 Å². The van der Waals surface area contributed by atoms with E-state index in [0.717, 1.165) is 16.7 Å². The molecule has 1 heterocycles. The van der Waals surface area contributed by atoms with Gasteiger partial charge >= 0.3 is 0 Å². The van der Waals surface area contributed by atoms with Gasteiger partial charge in [-0.1, -0.05) is 30.3 Å². The first-order valence-electron chi connectivity index (χ1n) is 8.64. The van der Waals surface area contributed by atoms with E-state index in [1.165, 1.54) is 4.90 Å². The van der Waals surface area contributed by atoms with Gasteiger partial charge in [-0.05, 0) is 34.9 Å². The summed E-state index contributed by atoms with van der Waals surface area (Å²) in [5.41, 5.74) is 2.71. The Morgan fingerprint density at radius 2 is 1.81 bits per heavy atom. The molecule has 1 N–H and O–H groups in total. The summed E-state index contributed by atoms with van der Waals surface area (Å²) in [6.45, 7) is 0.407.